The molecule has 0 saturated carbocycles. The van der Waals surface area contributed by atoms with Crippen molar-refractivity contribution in [2.75, 3.05) is 13.9 Å². The fourth-order valence-electron chi connectivity index (χ4n) is 3.23. The number of hydrogen-bond donors (Lipinski definition) is 1. The first kappa shape index (κ1) is 17.1. The van der Waals surface area contributed by atoms with Gasteiger partial charge in [-0.2, -0.15) is 0 Å². The molecule has 1 saturated heterocycles. The highest BCUT2D eigenvalue weighted by Gasteiger charge is 2.49. The van der Waals surface area contributed by atoms with E-state index in [9.17, 15) is 14.0 Å². The van der Waals surface area contributed by atoms with Crippen molar-refractivity contribution in [2.45, 2.75) is 19.0 Å². The fourth-order valence-corrected chi connectivity index (χ4v) is 3.23. The van der Waals surface area contributed by atoms with E-state index in [2.05, 4.69) is 5.32 Å². The lowest BCUT2D eigenvalue weighted by Crippen LogP contribution is -2.40. The molecule has 1 fully saturated rings. The normalized spacial score (nSPS) is 20.8. The molecular formula is C19H17FN2O5. The Hall–Kier alpha value is -3.29. The van der Waals surface area contributed by atoms with E-state index < -0.39 is 23.3 Å². The fraction of sp³-hybridized carbons (Fsp3) is 0.263. The first-order chi connectivity index (χ1) is 12.9. The van der Waals surface area contributed by atoms with Crippen LogP contribution in [0.3, 0.4) is 0 Å². The number of nitrogens with zero attached hydrogens (tertiary/aromatic N) is 1. The van der Waals surface area contributed by atoms with Crippen LogP contribution in [0.2, 0.25) is 0 Å². The summed E-state index contributed by atoms with van der Waals surface area (Å²) in [7, 11) is 1.37. The molecule has 7 nitrogen and oxygen atoms in total. The van der Waals surface area contributed by atoms with Crippen LogP contribution in [-0.4, -0.2) is 30.7 Å². The molecule has 8 heteroatoms. The lowest BCUT2D eigenvalue weighted by atomic mass is 9.91. The number of hydrogen-bond acceptors (Lipinski definition) is 5. The molecule has 1 atom stereocenters. The highest BCUT2D eigenvalue weighted by atomic mass is 19.1. The Kier molecular flexibility index (Phi) is 3.91. The second-order valence-corrected chi connectivity index (χ2v) is 6.48. The van der Waals surface area contributed by atoms with Crippen LogP contribution in [0.5, 0.6) is 17.2 Å². The standard InChI is InChI=1S/C19H17FN2O5/c1-19(12-4-6-15-16(8-12)27-10-26-15)17(23)22(18(24)21-19)9-11-3-5-14(25-2)13(20)7-11/h3-8H,9-10H2,1-2H3,(H,21,24)/t19-/m1/s1. The second kappa shape index (κ2) is 6.15. The molecule has 27 heavy (non-hydrogen) atoms. The quantitative estimate of drug-likeness (QED) is 0.835. The van der Waals surface area contributed by atoms with Gasteiger partial charge in [-0.1, -0.05) is 12.1 Å². The van der Waals surface area contributed by atoms with Crippen molar-refractivity contribution >= 4 is 11.9 Å². The number of ether oxygens (including phenoxy) is 3. The molecule has 0 aliphatic carbocycles. The van der Waals surface area contributed by atoms with Crippen LogP contribution in [0, 0.1) is 5.82 Å². The zero-order valence-corrected chi connectivity index (χ0v) is 14.7. The number of carbonyl (C=O) groups excluding carboxylic acids is 2. The van der Waals surface area contributed by atoms with Crippen LogP contribution < -0.4 is 19.5 Å². The largest absolute Gasteiger partial charge is 0.494 e. The van der Waals surface area contributed by atoms with Gasteiger partial charge in [0, 0.05) is 0 Å². The van der Waals surface area contributed by atoms with Crippen molar-refractivity contribution in [1.29, 1.82) is 0 Å². The maximum absolute atomic E-state index is 13.9. The van der Waals surface area contributed by atoms with E-state index >= 15 is 0 Å². The monoisotopic (exact) mass is 372 g/mol. The molecule has 2 aromatic carbocycles. The Morgan fingerprint density at radius 1 is 1.19 bits per heavy atom. The number of fused-ring (bicyclic) bond motifs is 1. The van der Waals surface area contributed by atoms with Crippen LogP contribution in [0.25, 0.3) is 0 Å². The molecule has 140 valence electrons. The Morgan fingerprint density at radius 2 is 1.96 bits per heavy atom. The van der Waals surface area contributed by atoms with Crippen LogP contribution >= 0.6 is 0 Å². The van der Waals surface area contributed by atoms with E-state index in [4.69, 9.17) is 14.2 Å². The molecule has 2 heterocycles. The maximum atomic E-state index is 13.9. The number of imide groups is 1. The van der Waals surface area contributed by atoms with E-state index in [1.807, 2.05) is 0 Å². The van der Waals surface area contributed by atoms with Gasteiger partial charge < -0.3 is 19.5 Å². The van der Waals surface area contributed by atoms with Gasteiger partial charge in [0.1, 0.15) is 5.54 Å². The van der Waals surface area contributed by atoms with Crippen molar-refractivity contribution in [3.63, 3.8) is 0 Å². The summed E-state index contributed by atoms with van der Waals surface area (Å²) in [6.07, 6.45) is 0. The van der Waals surface area contributed by atoms with E-state index in [-0.39, 0.29) is 19.1 Å². The average Bonchev–Trinajstić information content (AvgIpc) is 3.20. The molecular weight excluding hydrogens is 355 g/mol. The number of urea groups is 1. The van der Waals surface area contributed by atoms with Crippen LogP contribution in [-0.2, 0) is 16.9 Å². The summed E-state index contributed by atoms with van der Waals surface area (Å²) in [6, 6.07) is 8.86. The molecule has 0 unspecified atom stereocenters. The van der Waals surface area contributed by atoms with Crippen LogP contribution in [0.1, 0.15) is 18.1 Å². The number of benzene rings is 2. The van der Waals surface area contributed by atoms with Gasteiger partial charge in [-0.25, -0.2) is 9.18 Å². The molecule has 3 amide bonds. The summed E-state index contributed by atoms with van der Waals surface area (Å²) >= 11 is 0. The zero-order valence-electron chi connectivity index (χ0n) is 14.7. The van der Waals surface area contributed by atoms with E-state index in [1.54, 1.807) is 31.2 Å². The van der Waals surface area contributed by atoms with Crippen molar-refractivity contribution in [3.8, 4) is 17.2 Å². The molecule has 0 spiro atoms. The van der Waals surface area contributed by atoms with Crippen molar-refractivity contribution in [2.24, 2.45) is 0 Å². The number of rotatable bonds is 4. The van der Waals surface area contributed by atoms with Gasteiger partial charge in [0.25, 0.3) is 5.91 Å². The SMILES string of the molecule is COc1ccc(CN2C(=O)N[C@](C)(c3ccc4c(c3)OCO4)C2=O)cc1F. The number of carbonyl (C=O) groups is 2. The van der Waals surface area contributed by atoms with Crippen molar-refractivity contribution in [1.82, 2.24) is 10.2 Å². The van der Waals surface area contributed by atoms with Gasteiger partial charge in [-0.3, -0.25) is 9.69 Å². The minimum atomic E-state index is -1.25. The first-order valence-electron chi connectivity index (χ1n) is 8.29. The molecule has 0 radical (unpaired) electrons. The molecule has 2 aliphatic heterocycles. The summed E-state index contributed by atoms with van der Waals surface area (Å²) in [5, 5.41) is 2.72. The number of methoxy groups -OCH3 is 1. The van der Waals surface area contributed by atoms with Gasteiger partial charge >= 0.3 is 6.03 Å². The van der Waals surface area contributed by atoms with Gasteiger partial charge in [0.15, 0.2) is 23.1 Å². The van der Waals surface area contributed by atoms with E-state index in [1.165, 1.54) is 19.2 Å². The Balaban J connectivity index is 1.61. The molecule has 0 aromatic heterocycles. The maximum Gasteiger partial charge on any atom is 0.325 e. The summed E-state index contributed by atoms with van der Waals surface area (Å²) in [5.74, 6) is 0.223. The Morgan fingerprint density at radius 3 is 2.70 bits per heavy atom. The third kappa shape index (κ3) is 2.73. The predicted molar refractivity (Wildman–Crippen MR) is 92.0 cm³/mol. The minimum absolute atomic E-state index is 0.0499. The van der Waals surface area contributed by atoms with E-state index in [0.717, 1.165) is 4.90 Å². The van der Waals surface area contributed by atoms with Crippen molar-refractivity contribution in [3.05, 3.63) is 53.3 Å². The van der Waals surface area contributed by atoms with Crippen LogP contribution in [0.15, 0.2) is 36.4 Å². The molecule has 4 rings (SSSR count). The summed E-state index contributed by atoms with van der Waals surface area (Å²) < 4.78 is 29.4. The molecule has 0 bridgehead atoms. The number of amides is 3. The molecule has 2 aliphatic rings. The Bertz CT molecular complexity index is 948. The highest BCUT2D eigenvalue weighted by molar-refractivity contribution is 6.07. The van der Waals surface area contributed by atoms with Gasteiger partial charge in [0.05, 0.1) is 13.7 Å². The average molecular weight is 372 g/mol. The molecule has 2 aromatic rings. The minimum Gasteiger partial charge on any atom is -0.494 e. The van der Waals surface area contributed by atoms with Crippen molar-refractivity contribution < 1.29 is 28.2 Å². The topological polar surface area (TPSA) is 77.1 Å². The van der Waals surface area contributed by atoms with Gasteiger partial charge in [0.2, 0.25) is 6.79 Å². The summed E-state index contributed by atoms with van der Waals surface area (Å²) in [5.41, 5.74) is -0.191. The third-order valence-electron chi connectivity index (χ3n) is 4.78. The lowest BCUT2D eigenvalue weighted by molar-refractivity contribution is -0.131. The third-order valence-corrected chi connectivity index (χ3v) is 4.78. The Labute approximate surface area is 154 Å². The second-order valence-electron chi connectivity index (χ2n) is 6.48. The van der Waals surface area contributed by atoms with Crippen LogP contribution in [0.4, 0.5) is 9.18 Å². The summed E-state index contributed by atoms with van der Waals surface area (Å²) in [6.45, 7) is 1.69. The number of halogens is 1. The number of nitrogens with one attached hydrogen (secondary N) is 1. The lowest BCUT2D eigenvalue weighted by Gasteiger charge is -2.22. The first-order valence-corrected chi connectivity index (χ1v) is 8.29. The van der Waals surface area contributed by atoms with E-state index in [0.29, 0.717) is 22.6 Å². The molecule has 1 N–H and O–H groups in total. The summed E-state index contributed by atoms with van der Waals surface area (Å²) in [4.78, 5) is 26.5. The highest BCUT2D eigenvalue weighted by Crippen LogP contribution is 2.38. The van der Waals surface area contributed by atoms with Gasteiger partial charge in [-0.15, -0.1) is 0 Å². The predicted octanol–water partition coefficient (Wildman–Crippen LogP) is 2.53. The van der Waals surface area contributed by atoms with Gasteiger partial charge in [-0.05, 0) is 42.3 Å². The zero-order chi connectivity index (χ0) is 19.2. The smallest absolute Gasteiger partial charge is 0.325 e.